The predicted molar refractivity (Wildman–Crippen MR) is 71.2 cm³/mol. The van der Waals surface area contributed by atoms with Gasteiger partial charge in [-0.3, -0.25) is 4.72 Å². The average Bonchev–Trinajstić information content (AvgIpc) is 2.38. The highest BCUT2D eigenvalue weighted by atomic mass is 32.2. The van der Waals surface area contributed by atoms with E-state index in [9.17, 15) is 12.8 Å². The van der Waals surface area contributed by atoms with Crippen molar-refractivity contribution in [3.8, 4) is 6.01 Å². The molecule has 0 saturated heterocycles. The average molecular weight is 297 g/mol. The highest BCUT2D eigenvalue weighted by Crippen LogP contribution is 2.13. The lowest BCUT2D eigenvalue weighted by atomic mass is 10.2. The fourth-order valence-electron chi connectivity index (χ4n) is 1.54. The third kappa shape index (κ3) is 3.89. The van der Waals surface area contributed by atoms with Crippen LogP contribution in [0.25, 0.3) is 0 Å². The van der Waals surface area contributed by atoms with Crippen molar-refractivity contribution in [3.63, 3.8) is 0 Å². The van der Waals surface area contributed by atoms with Crippen LogP contribution in [0.4, 0.5) is 10.1 Å². The highest BCUT2D eigenvalue weighted by Gasteiger charge is 2.13. The standard InChI is InChI=1S/C12H12FN3O3S/c1-19-12-14-6-11(7-15-12)16-20(17,18)8-9-3-2-4-10(13)5-9/h2-7,16H,8H2,1H3. The van der Waals surface area contributed by atoms with Gasteiger partial charge in [-0.05, 0) is 17.7 Å². The fraction of sp³-hybridized carbons (Fsp3) is 0.167. The van der Waals surface area contributed by atoms with Crippen LogP contribution in [0.15, 0.2) is 36.7 Å². The molecule has 0 bridgehead atoms. The molecule has 0 aliphatic rings. The Balaban J connectivity index is 2.10. The number of nitrogens with zero attached hydrogens (tertiary/aromatic N) is 2. The minimum Gasteiger partial charge on any atom is -0.467 e. The zero-order valence-electron chi connectivity index (χ0n) is 10.6. The lowest BCUT2D eigenvalue weighted by Crippen LogP contribution is -2.15. The first-order chi connectivity index (χ1) is 9.48. The number of ether oxygens (including phenoxy) is 1. The van der Waals surface area contributed by atoms with Gasteiger partial charge in [-0.1, -0.05) is 12.1 Å². The summed E-state index contributed by atoms with van der Waals surface area (Å²) in [5, 5.41) is 0. The van der Waals surface area contributed by atoms with Crippen molar-refractivity contribution in [2.24, 2.45) is 0 Å². The monoisotopic (exact) mass is 297 g/mol. The second kappa shape index (κ2) is 5.83. The molecule has 1 aromatic carbocycles. The Labute approximate surface area is 115 Å². The van der Waals surface area contributed by atoms with Crippen LogP contribution in [0.5, 0.6) is 6.01 Å². The lowest BCUT2D eigenvalue weighted by Gasteiger charge is -2.07. The van der Waals surface area contributed by atoms with E-state index in [1.165, 1.54) is 43.8 Å². The van der Waals surface area contributed by atoms with Gasteiger partial charge in [0.2, 0.25) is 10.0 Å². The number of hydrogen-bond donors (Lipinski definition) is 1. The van der Waals surface area contributed by atoms with E-state index in [0.29, 0.717) is 5.56 Å². The highest BCUT2D eigenvalue weighted by molar-refractivity contribution is 7.91. The smallest absolute Gasteiger partial charge is 0.316 e. The van der Waals surface area contributed by atoms with Gasteiger partial charge in [0.05, 0.1) is 30.9 Å². The molecule has 2 rings (SSSR count). The third-order valence-electron chi connectivity index (χ3n) is 2.33. The Morgan fingerprint density at radius 2 is 2.00 bits per heavy atom. The van der Waals surface area contributed by atoms with E-state index in [4.69, 9.17) is 4.74 Å². The summed E-state index contributed by atoms with van der Waals surface area (Å²) in [6, 6.07) is 5.55. The normalized spacial score (nSPS) is 11.1. The van der Waals surface area contributed by atoms with E-state index >= 15 is 0 Å². The van der Waals surface area contributed by atoms with Crippen molar-refractivity contribution in [2.75, 3.05) is 11.8 Å². The summed E-state index contributed by atoms with van der Waals surface area (Å²) in [5.41, 5.74) is 0.564. The molecule has 8 heteroatoms. The molecule has 0 aliphatic carbocycles. The Morgan fingerprint density at radius 3 is 2.60 bits per heavy atom. The minimum atomic E-state index is -3.66. The number of halogens is 1. The van der Waals surface area contributed by atoms with Gasteiger partial charge in [0, 0.05) is 0 Å². The minimum absolute atomic E-state index is 0.137. The summed E-state index contributed by atoms with van der Waals surface area (Å²) in [5.74, 6) is -0.818. The van der Waals surface area contributed by atoms with Crippen LogP contribution in [-0.4, -0.2) is 25.5 Å². The van der Waals surface area contributed by atoms with E-state index in [-0.39, 0.29) is 17.5 Å². The van der Waals surface area contributed by atoms with Gasteiger partial charge in [0.15, 0.2) is 0 Å². The number of sulfonamides is 1. The summed E-state index contributed by atoms with van der Waals surface area (Å²) in [6.45, 7) is 0. The number of hydrogen-bond acceptors (Lipinski definition) is 5. The van der Waals surface area contributed by atoms with E-state index in [1.54, 1.807) is 0 Å². The summed E-state index contributed by atoms with van der Waals surface area (Å²) in [6.07, 6.45) is 2.57. The van der Waals surface area contributed by atoms with Crippen LogP contribution in [0.2, 0.25) is 0 Å². The zero-order valence-corrected chi connectivity index (χ0v) is 11.4. The van der Waals surface area contributed by atoms with Crippen molar-refractivity contribution >= 4 is 15.7 Å². The Bertz CT molecular complexity index is 689. The Hall–Kier alpha value is -2.22. The SMILES string of the molecule is COc1ncc(NS(=O)(=O)Cc2cccc(F)c2)cn1. The molecule has 20 heavy (non-hydrogen) atoms. The maximum absolute atomic E-state index is 13.0. The van der Waals surface area contributed by atoms with Crippen LogP contribution in [0, 0.1) is 5.82 Å². The molecule has 0 amide bonds. The second-order valence-electron chi connectivity index (χ2n) is 3.95. The van der Waals surface area contributed by atoms with Gasteiger partial charge in [0.25, 0.3) is 0 Å². The molecule has 1 N–H and O–H groups in total. The quantitative estimate of drug-likeness (QED) is 0.906. The topological polar surface area (TPSA) is 81.2 Å². The lowest BCUT2D eigenvalue weighted by molar-refractivity contribution is 0.380. The number of rotatable bonds is 5. The molecule has 0 radical (unpaired) electrons. The maximum atomic E-state index is 13.0. The predicted octanol–water partition coefficient (Wildman–Crippen LogP) is 1.57. The molecule has 106 valence electrons. The maximum Gasteiger partial charge on any atom is 0.316 e. The Morgan fingerprint density at radius 1 is 1.30 bits per heavy atom. The van der Waals surface area contributed by atoms with Crippen molar-refractivity contribution in [3.05, 3.63) is 48.0 Å². The van der Waals surface area contributed by atoms with E-state index in [1.807, 2.05) is 0 Å². The Kier molecular flexibility index (Phi) is 4.14. The molecule has 0 aliphatic heterocycles. The van der Waals surface area contributed by atoms with Gasteiger partial charge in [-0.2, -0.15) is 0 Å². The molecule has 0 spiro atoms. The first kappa shape index (κ1) is 14.2. The zero-order chi connectivity index (χ0) is 14.6. The molecule has 2 aromatic rings. The third-order valence-corrected chi connectivity index (χ3v) is 3.59. The summed E-state index contributed by atoms with van der Waals surface area (Å²) < 4.78 is 43.9. The largest absolute Gasteiger partial charge is 0.467 e. The molecule has 0 saturated carbocycles. The number of methoxy groups -OCH3 is 1. The van der Waals surface area contributed by atoms with Gasteiger partial charge in [0.1, 0.15) is 5.82 Å². The van der Waals surface area contributed by atoms with Crippen molar-refractivity contribution in [1.29, 1.82) is 0 Å². The summed E-state index contributed by atoms with van der Waals surface area (Å²) in [4.78, 5) is 7.56. The van der Waals surface area contributed by atoms with E-state index in [2.05, 4.69) is 14.7 Å². The van der Waals surface area contributed by atoms with Crippen molar-refractivity contribution < 1.29 is 17.5 Å². The van der Waals surface area contributed by atoms with Crippen molar-refractivity contribution in [2.45, 2.75) is 5.75 Å². The molecule has 1 heterocycles. The van der Waals surface area contributed by atoms with Crippen molar-refractivity contribution in [1.82, 2.24) is 9.97 Å². The van der Waals surface area contributed by atoms with Crippen LogP contribution in [-0.2, 0) is 15.8 Å². The van der Waals surface area contributed by atoms with Crippen LogP contribution < -0.4 is 9.46 Å². The van der Waals surface area contributed by atoms with Gasteiger partial charge in [-0.15, -0.1) is 0 Å². The number of nitrogens with one attached hydrogen (secondary N) is 1. The number of benzene rings is 1. The second-order valence-corrected chi connectivity index (χ2v) is 5.67. The van der Waals surface area contributed by atoms with Gasteiger partial charge in [-0.25, -0.2) is 22.8 Å². The number of anilines is 1. The summed E-state index contributed by atoms with van der Waals surface area (Å²) in [7, 11) is -2.26. The molecule has 0 fully saturated rings. The van der Waals surface area contributed by atoms with E-state index < -0.39 is 15.8 Å². The molecule has 1 aromatic heterocycles. The first-order valence-corrected chi connectivity index (χ1v) is 7.25. The van der Waals surface area contributed by atoms with E-state index in [0.717, 1.165) is 0 Å². The number of aromatic nitrogens is 2. The van der Waals surface area contributed by atoms with Crippen LogP contribution in [0.3, 0.4) is 0 Å². The van der Waals surface area contributed by atoms with Crippen LogP contribution in [0.1, 0.15) is 5.56 Å². The first-order valence-electron chi connectivity index (χ1n) is 5.59. The molecular formula is C12H12FN3O3S. The van der Waals surface area contributed by atoms with Gasteiger partial charge >= 0.3 is 6.01 Å². The molecular weight excluding hydrogens is 285 g/mol. The molecule has 0 unspecified atom stereocenters. The molecule has 0 atom stereocenters. The molecule has 6 nitrogen and oxygen atoms in total. The fourth-order valence-corrected chi connectivity index (χ4v) is 2.69. The summed E-state index contributed by atoms with van der Waals surface area (Å²) >= 11 is 0. The van der Waals surface area contributed by atoms with Crippen LogP contribution >= 0.6 is 0 Å². The van der Waals surface area contributed by atoms with Gasteiger partial charge < -0.3 is 4.74 Å².